The molecule has 0 N–H and O–H groups in total. The monoisotopic (exact) mass is 242 g/mol. The van der Waals surface area contributed by atoms with E-state index < -0.39 is 10.0 Å². The number of hydrogen-bond donors (Lipinski definition) is 0. The second-order valence-electron chi connectivity index (χ2n) is 3.86. The van der Waals surface area contributed by atoms with Gasteiger partial charge >= 0.3 is 0 Å². The van der Waals surface area contributed by atoms with Gasteiger partial charge in [0, 0.05) is 12.2 Å². The average Bonchev–Trinajstić information content (AvgIpc) is 2.26. The number of nitrogens with zero attached hydrogens (tertiary/aromatic N) is 2. The van der Waals surface area contributed by atoms with Crippen molar-refractivity contribution in [2.24, 2.45) is 0 Å². The zero-order chi connectivity index (χ0) is 12.2. The summed E-state index contributed by atoms with van der Waals surface area (Å²) in [5.74, 6) is 0.123. The van der Waals surface area contributed by atoms with Crippen molar-refractivity contribution in [3.63, 3.8) is 0 Å². The summed E-state index contributed by atoms with van der Waals surface area (Å²) in [7, 11) is -3.16. The lowest BCUT2D eigenvalue weighted by Crippen LogP contribution is -2.37. The van der Waals surface area contributed by atoms with Gasteiger partial charge in [-0.15, -0.1) is 0 Å². The molecule has 0 aliphatic rings. The Morgan fingerprint density at radius 3 is 2.50 bits per heavy atom. The molecule has 90 valence electrons. The molecule has 1 aromatic rings. The van der Waals surface area contributed by atoms with Crippen molar-refractivity contribution in [2.45, 2.75) is 33.4 Å². The van der Waals surface area contributed by atoms with Crippen LogP contribution in [0.15, 0.2) is 24.4 Å². The quantitative estimate of drug-likeness (QED) is 0.788. The minimum atomic E-state index is -3.16. The molecular formula is C11H18N2O2S. The molecule has 1 rings (SSSR count). The topological polar surface area (TPSA) is 50.3 Å². The fourth-order valence-electron chi connectivity index (χ4n) is 1.42. The largest absolute Gasteiger partial charge is 0.260 e. The SMILES string of the molecule is CCS(=O)(=O)N(Cc1ccccn1)C(C)C. The molecule has 0 amide bonds. The van der Waals surface area contributed by atoms with E-state index in [1.807, 2.05) is 32.0 Å². The third kappa shape index (κ3) is 3.28. The van der Waals surface area contributed by atoms with Crippen molar-refractivity contribution in [1.82, 2.24) is 9.29 Å². The van der Waals surface area contributed by atoms with Gasteiger partial charge in [0.2, 0.25) is 10.0 Å². The number of sulfonamides is 1. The highest BCUT2D eigenvalue weighted by molar-refractivity contribution is 7.89. The summed E-state index contributed by atoms with van der Waals surface area (Å²) in [5.41, 5.74) is 0.772. The predicted octanol–water partition coefficient (Wildman–Crippen LogP) is 1.64. The lowest BCUT2D eigenvalue weighted by molar-refractivity contribution is 0.345. The first-order chi connectivity index (χ1) is 7.47. The maximum Gasteiger partial charge on any atom is 0.214 e. The molecule has 0 bridgehead atoms. The van der Waals surface area contributed by atoms with Crippen LogP contribution in [0.2, 0.25) is 0 Å². The summed E-state index contributed by atoms with van der Waals surface area (Å²) in [6.45, 7) is 5.74. The lowest BCUT2D eigenvalue weighted by Gasteiger charge is -2.24. The zero-order valence-electron chi connectivity index (χ0n) is 9.92. The lowest BCUT2D eigenvalue weighted by atomic mass is 10.3. The molecule has 16 heavy (non-hydrogen) atoms. The third-order valence-electron chi connectivity index (χ3n) is 2.34. The zero-order valence-corrected chi connectivity index (χ0v) is 10.7. The Labute approximate surface area is 97.4 Å². The summed E-state index contributed by atoms with van der Waals surface area (Å²) < 4.78 is 25.2. The third-order valence-corrected chi connectivity index (χ3v) is 4.34. The van der Waals surface area contributed by atoms with Crippen LogP contribution in [0.3, 0.4) is 0 Å². The first kappa shape index (κ1) is 13.1. The Hall–Kier alpha value is -0.940. The molecule has 5 heteroatoms. The van der Waals surface area contributed by atoms with E-state index in [0.717, 1.165) is 5.69 Å². The standard InChI is InChI=1S/C11H18N2O2S/c1-4-16(14,15)13(10(2)3)9-11-7-5-6-8-12-11/h5-8,10H,4,9H2,1-3H3. The molecule has 1 aromatic heterocycles. The summed E-state index contributed by atoms with van der Waals surface area (Å²) in [4.78, 5) is 4.14. The molecule has 0 unspecified atom stereocenters. The molecule has 0 spiro atoms. The Bertz CT molecular complexity index is 415. The second-order valence-corrected chi connectivity index (χ2v) is 6.07. The van der Waals surface area contributed by atoms with Gasteiger partial charge in [0.05, 0.1) is 18.0 Å². The van der Waals surface area contributed by atoms with Gasteiger partial charge in [-0.25, -0.2) is 8.42 Å². The second kappa shape index (κ2) is 5.41. The highest BCUT2D eigenvalue weighted by Crippen LogP contribution is 2.11. The van der Waals surface area contributed by atoms with E-state index in [2.05, 4.69) is 4.98 Å². The molecule has 0 aliphatic heterocycles. The van der Waals surface area contributed by atoms with Gasteiger partial charge in [0.1, 0.15) is 0 Å². The molecule has 0 aliphatic carbocycles. The molecule has 4 nitrogen and oxygen atoms in total. The van der Waals surface area contributed by atoms with Crippen molar-refractivity contribution in [3.8, 4) is 0 Å². The van der Waals surface area contributed by atoms with Crippen LogP contribution in [0.5, 0.6) is 0 Å². The summed E-state index contributed by atoms with van der Waals surface area (Å²) in [6, 6.07) is 5.46. The van der Waals surface area contributed by atoms with Crippen molar-refractivity contribution < 1.29 is 8.42 Å². The normalized spacial score (nSPS) is 12.3. The van der Waals surface area contributed by atoms with Crippen molar-refractivity contribution >= 4 is 10.0 Å². The van der Waals surface area contributed by atoms with Crippen LogP contribution >= 0.6 is 0 Å². The van der Waals surface area contributed by atoms with Gasteiger partial charge in [0.15, 0.2) is 0 Å². The van der Waals surface area contributed by atoms with Crippen LogP contribution < -0.4 is 0 Å². The highest BCUT2D eigenvalue weighted by Gasteiger charge is 2.23. The molecule has 0 saturated heterocycles. The number of aromatic nitrogens is 1. The van der Waals surface area contributed by atoms with Crippen LogP contribution in [-0.2, 0) is 16.6 Å². The molecule has 0 radical (unpaired) electrons. The molecule has 0 fully saturated rings. The summed E-state index contributed by atoms with van der Waals surface area (Å²) in [5, 5.41) is 0. The van der Waals surface area contributed by atoms with Crippen LogP contribution in [-0.4, -0.2) is 29.5 Å². The molecule has 1 heterocycles. The van der Waals surface area contributed by atoms with Crippen LogP contribution in [0.4, 0.5) is 0 Å². The minimum Gasteiger partial charge on any atom is -0.260 e. The van der Waals surface area contributed by atoms with Crippen LogP contribution in [0.1, 0.15) is 26.5 Å². The highest BCUT2D eigenvalue weighted by atomic mass is 32.2. The Balaban J connectivity index is 2.90. The summed E-state index contributed by atoms with van der Waals surface area (Å²) in [6.07, 6.45) is 1.67. The Kier molecular flexibility index (Phi) is 4.44. The van der Waals surface area contributed by atoms with E-state index >= 15 is 0 Å². The molecule has 0 saturated carbocycles. The van der Waals surface area contributed by atoms with Crippen LogP contribution in [0.25, 0.3) is 0 Å². The van der Waals surface area contributed by atoms with Gasteiger partial charge in [-0.3, -0.25) is 4.98 Å². The smallest absolute Gasteiger partial charge is 0.214 e. The number of rotatable bonds is 5. The fraction of sp³-hybridized carbons (Fsp3) is 0.545. The maximum absolute atomic E-state index is 11.8. The first-order valence-electron chi connectivity index (χ1n) is 5.36. The van der Waals surface area contributed by atoms with E-state index in [1.54, 1.807) is 13.1 Å². The predicted molar refractivity (Wildman–Crippen MR) is 64.4 cm³/mol. The average molecular weight is 242 g/mol. The molecule has 0 aromatic carbocycles. The van der Waals surface area contributed by atoms with Gasteiger partial charge in [-0.1, -0.05) is 6.07 Å². The van der Waals surface area contributed by atoms with E-state index in [-0.39, 0.29) is 11.8 Å². The van der Waals surface area contributed by atoms with Gasteiger partial charge in [-0.2, -0.15) is 4.31 Å². The van der Waals surface area contributed by atoms with Crippen molar-refractivity contribution in [2.75, 3.05) is 5.75 Å². The first-order valence-corrected chi connectivity index (χ1v) is 6.97. The van der Waals surface area contributed by atoms with Crippen LogP contribution in [0, 0.1) is 0 Å². The number of hydrogen-bond acceptors (Lipinski definition) is 3. The van der Waals surface area contributed by atoms with Crippen molar-refractivity contribution in [3.05, 3.63) is 30.1 Å². The van der Waals surface area contributed by atoms with Gasteiger partial charge in [0.25, 0.3) is 0 Å². The van der Waals surface area contributed by atoms with E-state index in [4.69, 9.17) is 0 Å². The Morgan fingerprint density at radius 2 is 2.06 bits per heavy atom. The fourth-order valence-corrected chi connectivity index (χ4v) is 2.72. The Morgan fingerprint density at radius 1 is 1.38 bits per heavy atom. The summed E-state index contributed by atoms with van der Waals surface area (Å²) >= 11 is 0. The molecule has 0 atom stereocenters. The van der Waals surface area contributed by atoms with E-state index in [9.17, 15) is 8.42 Å². The van der Waals surface area contributed by atoms with E-state index in [0.29, 0.717) is 6.54 Å². The number of pyridine rings is 1. The van der Waals surface area contributed by atoms with Gasteiger partial charge < -0.3 is 0 Å². The van der Waals surface area contributed by atoms with Crippen molar-refractivity contribution in [1.29, 1.82) is 0 Å². The molecular weight excluding hydrogens is 224 g/mol. The van der Waals surface area contributed by atoms with Gasteiger partial charge in [-0.05, 0) is 32.9 Å². The van der Waals surface area contributed by atoms with E-state index in [1.165, 1.54) is 4.31 Å². The minimum absolute atomic E-state index is 0.0491. The maximum atomic E-state index is 11.8.